The molecule has 1 aromatic heterocycles. The fourth-order valence-corrected chi connectivity index (χ4v) is 1.89. The van der Waals surface area contributed by atoms with Gasteiger partial charge in [-0.1, -0.05) is 0 Å². The predicted octanol–water partition coefficient (Wildman–Crippen LogP) is 1.36. The molecule has 1 aliphatic carbocycles. The summed E-state index contributed by atoms with van der Waals surface area (Å²) in [5.41, 5.74) is 1.39. The summed E-state index contributed by atoms with van der Waals surface area (Å²) in [6.45, 7) is 1.17. The Balaban J connectivity index is 1.83. The molecule has 0 bridgehead atoms. The van der Waals surface area contributed by atoms with Gasteiger partial charge in [0.2, 0.25) is 0 Å². The van der Waals surface area contributed by atoms with Crippen LogP contribution in [0.2, 0.25) is 0 Å². The van der Waals surface area contributed by atoms with Gasteiger partial charge in [-0.3, -0.25) is 0 Å². The Labute approximate surface area is 76.2 Å². The van der Waals surface area contributed by atoms with Gasteiger partial charge >= 0.3 is 0 Å². The standard InChI is InChI=1S/C9H13NOS/c11-7-9(2-3-9)10-5-8-1-4-12-6-8/h1,4,6,10-11H,2-3,5,7H2. The van der Waals surface area contributed by atoms with Gasteiger partial charge < -0.3 is 10.4 Å². The molecular weight excluding hydrogens is 170 g/mol. The zero-order valence-corrected chi connectivity index (χ0v) is 7.73. The Kier molecular flexibility index (Phi) is 2.17. The Morgan fingerprint density at radius 2 is 2.42 bits per heavy atom. The van der Waals surface area contributed by atoms with E-state index in [-0.39, 0.29) is 12.1 Å². The summed E-state index contributed by atoms with van der Waals surface area (Å²) in [7, 11) is 0. The van der Waals surface area contributed by atoms with E-state index in [4.69, 9.17) is 5.11 Å². The Hall–Kier alpha value is -0.380. The van der Waals surface area contributed by atoms with Crippen molar-refractivity contribution >= 4 is 11.3 Å². The first-order valence-electron chi connectivity index (χ1n) is 4.22. The summed E-state index contributed by atoms with van der Waals surface area (Å²) in [5, 5.41) is 16.6. The van der Waals surface area contributed by atoms with Crippen molar-refractivity contribution in [1.29, 1.82) is 0 Å². The van der Waals surface area contributed by atoms with E-state index in [1.54, 1.807) is 11.3 Å². The third kappa shape index (κ3) is 1.68. The summed E-state index contributed by atoms with van der Waals surface area (Å²) in [4.78, 5) is 0. The van der Waals surface area contributed by atoms with Crippen molar-refractivity contribution in [3.05, 3.63) is 22.4 Å². The van der Waals surface area contributed by atoms with Crippen molar-refractivity contribution in [2.45, 2.75) is 24.9 Å². The second-order valence-corrected chi connectivity index (χ2v) is 4.20. The lowest BCUT2D eigenvalue weighted by Gasteiger charge is -2.12. The van der Waals surface area contributed by atoms with E-state index in [0.29, 0.717) is 0 Å². The molecule has 1 aliphatic rings. The lowest BCUT2D eigenvalue weighted by atomic mass is 10.2. The van der Waals surface area contributed by atoms with Crippen LogP contribution < -0.4 is 5.32 Å². The summed E-state index contributed by atoms with van der Waals surface area (Å²) < 4.78 is 0. The quantitative estimate of drug-likeness (QED) is 0.738. The maximum atomic E-state index is 9.03. The Bertz CT molecular complexity index is 241. The van der Waals surface area contributed by atoms with Crippen LogP contribution in [0.5, 0.6) is 0 Å². The number of aliphatic hydroxyl groups excluding tert-OH is 1. The van der Waals surface area contributed by atoms with Crippen LogP contribution in [-0.4, -0.2) is 17.3 Å². The summed E-state index contributed by atoms with van der Waals surface area (Å²) in [5.74, 6) is 0. The number of hydrogen-bond donors (Lipinski definition) is 2. The van der Waals surface area contributed by atoms with E-state index < -0.39 is 0 Å². The number of thiophene rings is 1. The second kappa shape index (κ2) is 3.17. The first-order valence-corrected chi connectivity index (χ1v) is 5.16. The fourth-order valence-electron chi connectivity index (χ4n) is 1.22. The molecule has 0 aliphatic heterocycles. The van der Waals surface area contributed by atoms with E-state index in [0.717, 1.165) is 19.4 Å². The lowest BCUT2D eigenvalue weighted by molar-refractivity contribution is 0.229. The second-order valence-electron chi connectivity index (χ2n) is 3.42. The van der Waals surface area contributed by atoms with E-state index in [9.17, 15) is 0 Å². The van der Waals surface area contributed by atoms with E-state index in [1.807, 2.05) is 0 Å². The van der Waals surface area contributed by atoms with Crippen molar-refractivity contribution in [3.8, 4) is 0 Å². The highest BCUT2D eigenvalue weighted by molar-refractivity contribution is 7.07. The molecule has 0 aromatic carbocycles. The lowest BCUT2D eigenvalue weighted by Crippen LogP contribution is -2.33. The van der Waals surface area contributed by atoms with Crippen molar-refractivity contribution in [2.24, 2.45) is 0 Å². The third-order valence-corrected chi connectivity index (χ3v) is 3.14. The van der Waals surface area contributed by atoms with E-state index in [1.165, 1.54) is 5.56 Å². The minimum atomic E-state index is 0.0714. The van der Waals surface area contributed by atoms with Crippen LogP contribution in [0.25, 0.3) is 0 Å². The molecule has 0 spiro atoms. The van der Waals surface area contributed by atoms with Gasteiger partial charge in [0, 0.05) is 12.1 Å². The van der Waals surface area contributed by atoms with Gasteiger partial charge in [-0.2, -0.15) is 11.3 Å². The van der Waals surface area contributed by atoms with Gasteiger partial charge in [0.15, 0.2) is 0 Å². The normalized spacial score (nSPS) is 19.4. The number of nitrogens with one attached hydrogen (secondary N) is 1. The minimum absolute atomic E-state index is 0.0714. The molecule has 1 heterocycles. The molecule has 3 heteroatoms. The zero-order chi connectivity index (χ0) is 8.44. The largest absolute Gasteiger partial charge is 0.394 e. The van der Waals surface area contributed by atoms with Crippen LogP contribution in [0.1, 0.15) is 18.4 Å². The maximum absolute atomic E-state index is 9.03. The highest BCUT2D eigenvalue weighted by atomic mass is 32.1. The van der Waals surface area contributed by atoms with Gasteiger partial charge in [-0.25, -0.2) is 0 Å². The number of rotatable bonds is 4. The van der Waals surface area contributed by atoms with Crippen LogP contribution in [0.4, 0.5) is 0 Å². The highest BCUT2D eigenvalue weighted by Crippen LogP contribution is 2.34. The van der Waals surface area contributed by atoms with Gasteiger partial charge in [0.25, 0.3) is 0 Å². The van der Waals surface area contributed by atoms with Crippen LogP contribution in [0.15, 0.2) is 16.8 Å². The first-order chi connectivity index (χ1) is 5.85. The van der Waals surface area contributed by atoms with Gasteiger partial charge in [-0.05, 0) is 35.2 Å². The minimum Gasteiger partial charge on any atom is -0.394 e. The highest BCUT2D eigenvalue weighted by Gasteiger charge is 2.41. The smallest absolute Gasteiger partial charge is 0.0613 e. The molecule has 12 heavy (non-hydrogen) atoms. The molecule has 1 aromatic rings. The van der Waals surface area contributed by atoms with Crippen LogP contribution >= 0.6 is 11.3 Å². The SMILES string of the molecule is OCC1(NCc2ccsc2)CC1. The van der Waals surface area contributed by atoms with Gasteiger partial charge in [0.05, 0.1) is 6.61 Å². The summed E-state index contributed by atoms with van der Waals surface area (Å²) >= 11 is 1.72. The molecule has 0 radical (unpaired) electrons. The van der Waals surface area contributed by atoms with E-state index in [2.05, 4.69) is 22.1 Å². The predicted molar refractivity (Wildman–Crippen MR) is 50.2 cm³/mol. The average molecular weight is 183 g/mol. The maximum Gasteiger partial charge on any atom is 0.0613 e. The molecule has 0 atom stereocenters. The topological polar surface area (TPSA) is 32.3 Å². The summed E-state index contributed by atoms with van der Waals surface area (Å²) in [6, 6.07) is 2.12. The van der Waals surface area contributed by atoms with Crippen LogP contribution in [0, 0.1) is 0 Å². The molecule has 2 N–H and O–H groups in total. The Morgan fingerprint density at radius 3 is 2.92 bits per heavy atom. The fraction of sp³-hybridized carbons (Fsp3) is 0.556. The van der Waals surface area contributed by atoms with Crippen molar-refractivity contribution in [2.75, 3.05) is 6.61 Å². The third-order valence-electron chi connectivity index (χ3n) is 2.40. The molecule has 66 valence electrons. The molecule has 0 unspecified atom stereocenters. The van der Waals surface area contributed by atoms with Crippen molar-refractivity contribution < 1.29 is 5.11 Å². The molecule has 2 nitrogen and oxygen atoms in total. The van der Waals surface area contributed by atoms with Gasteiger partial charge in [-0.15, -0.1) is 0 Å². The van der Waals surface area contributed by atoms with Crippen molar-refractivity contribution in [1.82, 2.24) is 5.32 Å². The molecule has 1 fully saturated rings. The molecule has 2 rings (SSSR count). The number of hydrogen-bond acceptors (Lipinski definition) is 3. The summed E-state index contributed by atoms with van der Waals surface area (Å²) in [6.07, 6.45) is 2.24. The molecule has 1 saturated carbocycles. The van der Waals surface area contributed by atoms with Crippen molar-refractivity contribution in [3.63, 3.8) is 0 Å². The first kappa shape index (κ1) is 8.23. The van der Waals surface area contributed by atoms with E-state index >= 15 is 0 Å². The molecule has 0 amide bonds. The van der Waals surface area contributed by atoms with Gasteiger partial charge in [0.1, 0.15) is 0 Å². The zero-order valence-electron chi connectivity index (χ0n) is 6.92. The number of aliphatic hydroxyl groups is 1. The Morgan fingerprint density at radius 1 is 1.58 bits per heavy atom. The molecule has 0 saturated heterocycles. The van der Waals surface area contributed by atoms with Crippen LogP contribution in [0.3, 0.4) is 0 Å². The average Bonchev–Trinajstić information content (AvgIpc) is 2.70. The van der Waals surface area contributed by atoms with Crippen LogP contribution in [-0.2, 0) is 6.54 Å². The molecular formula is C9H13NOS. The monoisotopic (exact) mass is 183 g/mol.